The van der Waals surface area contributed by atoms with Crippen LogP contribution in [0.5, 0.6) is 0 Å². The zero-order chi connectivity index (χ0) is 27.5. The Morgan fingerprint density at radius 2 is 1.73 bits per heavy atom. The minimum Gasteiger partial charge on any atom is -0.460 e. The highest BCUT2D eigenvalue weighted by Gasteiger charge is 2.21. The second kappa shape index (κ2) is 9.01. The molecule has 194 valence electrons. The Morgan fingerprint density at radius 1 is 0.902 bits per heavy atom. The second-order valence-electron chi connectivity index (χ2n) is 10.6. The molecular formula is C37H25N3O. The van der Waals surface area contributed by atoms with E-state index in [0.717, 1.165) is 79.4 Å². The summed E-state index contributed by atoms with van der Waals surface area (Å²) in [5.41, 5.74) is 10.4. The van der Waals surface area contributed by atoms with Gasteiger partial charge in [0.05, 0.1) is 28.1 Å². The van der Waals surface area contributed by atoms with Crippen LogP contribution in [-0.2, 0) is 6.42 Å². The maximum Gasteiger partial charge on any atom is 0.144 e. The summed E-state index contributed by atoms with van der Waals surface area (Å²) in [7, 11) is 0. The molecule has 0 radical (unpaired) electrons. The van der Waals surface area contributed by atoms with Crippen molar-refractivity contribution in [1.29, 1.82) is 5.26 Å². The molecule has 7 aromatic rings. The van der Waals surface area contributed by atoms with E-state index in [-0.39, 0.29) is 0 Å². The number of nitrogens with zero attached hydrogens (tertiary/aromatic N) is 2. The first-order valence-corrected chi connectivity index (χ1v) is 13.8. The number of rotatable bonds is 4. The number of fused-ring (bicyclic) bond motifs is 8. The highest BCUT2D eigenvalue weighted by Crippen LogP contribution is 2.42. The van der Waals surface area contributed by atoms with E-state index in [1.54, 1.807) is 6.08 Å². The minimum absolute atomic E-state index is 0.646. The normalized spacial score (nSPS) is 13.0. The Labute approximate surface area is 236 Å². The van der Waals surface area contributed by atoms with Crippen LogP contribution in [0.1, 0.15) is 29.0 Å². The van der Waals surface area contributed by atoms with Gasteiger partial charge in [-0.1, -0.05) is 49.1 Å². The predicted molar refractivity (Wildman–Crippen MR) is 169 cm³/mol. The third-order valence-electron chi connectivity index (χ3n) is 8.16. The first-order chi connectivity index (χ1) is 20.2. The van der Waals surface area contributed by atoms with Crippen molar-refractivity contribution in [2.24, 2.45) is 0 Å². The summed E-state index contributed by atoms with van der Waals surface area (Å²) >= 11 is 0. The van der Waals surface area contributed by atoms with Crippen LogP contribution >= 0.6 is 0 Å². The minimum atomic E-state index is 0.646. The van der Waals surface area contributed by atoms with Gasteiger partial charge in [-0.25, -0.2) is 0 Å². The fourth-order valence-electron chi connectivity index (χ4n) is 6.24. The Kier molecular flexibility index (Phi) is 5.13. The van der Waals surface area contributed by atoms with Gasteiger partial charge in [-0.2, -0.15) is 5.26 Å². The van der Waals surface area contributed by atoms with Crippen LogP contribution in [0, 0.1) is 11.3 Å². The van der Waals surface area contributed by atoms with Gasteiger partial charge < -0.3 is 14.0 Å². The molecule has 4 heteroatoms. The summed E-state index contributed by atoms with van der Waals surface area (Å²) in [6.45, 7) is 3.77. The number of H-pyrrole nitrogens is 1. The number of aromatic amines is 1. The van der Waals surface area contributed by atoms with E-state index in [0.29, 0.717) is 5.56 Å². The average molecular weight is 528 g/mol. The first kappa shape index (κ1) is 23.4. The van der Waals surface area contributed by atoms with E-state index in [2.05, 4.69) is 88.9 Å². The molecule has 0 saturated carbocycles. The predicted octanol–water partition coefficient (Wildman–Crippen LogP) is 9.71. The molecule has 0 amide bonds. The number of benzene rings is 4. The highest BCUT2D eigenvalue weighted by atomic mass is 16.3. The molecule has 41 heavy (non-hydrogen) atoms. The summed E-state index contributed by atoms with van der Waals surface area (Å²) in [5, 5.41) is 13.9. The summed E-state index contributed by atoms with van der Waals surface area (Å²) in [4.78, 5) is 3.51. The topological polar surface area (TPSA) is 57.6 Å². The molecule has 0 unspecified atom stereocenters. The van der Waals surface area contributed by atoms with Gasteiger partial charge in [0.1, 0.15) is 11.3 Å². The van der Waals surface area contributed by atoms with Crippen molar-refractivity contribution >= 4 is 55.8 Å². The van der Waals surface area contributed by atoms with Crippen molar-refractivity contribution in [2.75, 3.05) is 0 Å². The average Bonchev–Trinajstić information content (AvgIpc) is 3.70. The first-order valence-electron chi connectivity index (χ1n) is 13.8. The summed E-state index contributed by atoms with van der Waals surface area (Å²) in [6.07, 6.45) is 12.1. The van der Waals surface area contributed by atoms with Crippen molar-refractivity contribution in [2.45, 2.75) is 12.8 Å². The third-order valence-corrected chi connectivity index (χ3v) is 8.16. The van der Waals surface area contributed by atoms with E-state index in [1.165, 1.54) is 10.9 Å². The molecule has 0 bridgehead atoms. The van der Waals surface area contributed by atoms with Gasteiger partial charge in [0.25, 0.3) is 0 Å². The van der Waals surface area contributed by atoms with Gasteiger partial charge in [-0.05, 0) is 84.3 Å². The standard InChI is InChI=1S/C37H25N3O/c1-2-3-6-27-19-26-12-11-25(21-32(26)39-27)24-13-17-33-31(20-24)36-34(40(33)28-14-9-23(22-38)10-15-28)18-16-30-29-7-4-5-8-35(29)41-37(30)36/h2-4,6-7,9-21,39H,1,5,8H2/b6-3-. The largest absolute Gasteiger partial charge is 0.460 e. The van der Waals surface area contributed by atoms with Crippen LogP contribution in [-0.4, -0.2) is 9.55 Å². The molecule has 1 aliphatic rings. The summed E-state index contributed by atoms with van der Waals surface area (Å²) < 4.78 is 8.89. The maximum atomic E-state index is 9.36. The zero-order valence-electron chi connectivity index (χ0n) is 22.3. The van der Waals surface area contributed by atoms with Crippen LogP contribution in [0.25, 0.3) is 72.6 Å². The molecule has 4 aromatic carbocycles. The summed E-state index contributed by atoms with van der Waals surface area (Å²) in [6, 6.07) is 29.8. The number of aromatic nitrogens is 2. The molecule has 0 atom stereocenters. The monoisotopic (exact) mass is 527 g/mol. The zero-order valence-corrected chi connectivity index (χ0v) is 22.3. The molecule has 1 aliphatic carbocycles. The van der Waals surface area contributed by atoms with Crippen LogP contribution in [0.15, 0.2) is 108 Å². The Hall–Kier alpha value is -5.53. The lowest BCUT2D eigenvalue weighted by molar-refractivity contribution is 0.549. The smallest absolute Gasteiger partial charge is 0.144 e. The molecule has 4 nitrogen and oxygen atoms in total. The fourth-order valence-corrected chi connectivity index (χ4v) is 6.24. The van der Waals surface area contributed by atoms with E-state index < -0.39 is 0 Å². The lowest BCUT2D eigenvalue weighted by atomic mass is 9.99. The maximum absolute atomic E-state index is 9.36. The molecule has 0 saturated heterocycles. The number of hydrogen-bond donors (Lipinski definition) is 1. The molecule has 0 aliphatic heterocycles. The number of aryl methyl sites for hydroxylation is 1. The summed E-state index contributed by atoms with van der Waals surface area (Å²) in [5.74, 6) is 1.06. The van der Waals surface area contributed by atoms with E-state index in [9.17, 15) is 5.26 Å². The van der Waals surface area contributed by atoms with Crippen molar-refractivity contribution in [3.8, 4) is 22.9 Å². The quantitative estimate of drug-likeness (QED) is 0.232. The van der Waals surface area contributed by atoms with Gasteiger partial charge in [0.2, 0.25) is 0 Å². The number of furan rings is 1. The van der Waals surface area contributed by atoms with Gasteiger partial charge in [0, 0.05) is 45.0 Å². The number of allylic oxidation sites excluding steroid dienone is 3. The van der Waals surface area contributed by atoms with Crippen molar-refractivity contribution in [3.05, 3.63) is 126 Å². The number of nitrogens with one attached hydrogen (secondary N) is 1. The SMILES string of the molecule is C=C/C=C\c1cc2ccc(-c3ccc4c(c3)c3c5oc6c(c5ccc3n4-c3ccc(C#N)cc3)C=CCC6)cc2[nH]1. The molecule has 1 N–H and O–H groups in total. The van der Waals surface area contributed by atoms with Gasteiger partial charge in [0.15, 0.2) is 0 Å². The number of nitriles is 1. The fraction of sp³-hybridized carbons (Fsp3) is 0.0541. The van der Waals surface area contributed by atoms with Crippen LogP contribution in [0.4, 0.5) is 0 Å². The van der Waals surface area contributed by atoms with Gasteiger partial charge in [-0.15, -0.1) is 0 Å². The third kappa shape index (κ3) is 3.60. The van der Waals surface area contributed by atoms with Gasteiger partial charge >= 0.3 is 0 Å². The van der Waals surface area contributed by atoms with Gasteiger partial charge in [-0.3, -0.25) is 0 Å². The van der Waals surface area contributed by atoms with Crippen LogP contribution < -0.4 is 0 Å². The molecule has 0 spiro atoms. The van der Waals surface area contributed by atoms with Crippen LogP contribution in [0.2, 0.25) is 0 Å². The second-order valence-corrected chi connectivity index (χ2v) is 10.6. The molecule has 3 aromatic heterocycles. The molecule has 0 fully saturated rings. The lowest BCUT2D eigenvalue weighted by Gasteiger charge is -2.08. The van der Waals surface area contributed by atoms with E-state index in [1.807, 2.05) is 36.4 Å². The van der Waals surface area contributed by atoms with E-state index >= 15 is 0 Å². The van der Waals surface area contributed by atoms with Crippen LogP contribution in [0.3, 0.4) is 0 Å². The molecule has 8 rings (SSSR count). The Bertz CT molecular complexity index is 2280. The molecular weight excluding hydrogens is 502 g/mol. The van der Waals surface area contributed by atoms with Crippen molar-refractivity contribution in [1.82, 2.24) is 9.55 Å². The Balaban J connectivity index is 1.39. The van der Waals surface area contributed by atoms with Crippen molar-refractivity contribution < 1.29 is 4.42 Å². The van der Waals surface area contributed by atoms with Crippen molar-refractivity contribution in [3.63, 3.8) is 0 Å². The lowest BCUT2D eigenvalue weighted by Crippen LogP contribution is -1.93. The Morgan fingerprint density at radius 3 is 2.59 bits per heavy atom. The molecule has 3 heterocycles. The number of hydrogen-bond acceptors (Lipinski definition) is 2. The van der Waals surface area contributed by atoms with E-state index in [4.69, 9.17) is 4.42 Å². The highest BCUT2D eigenvalue weighted by molar-refractivity contribution is 6.21.